The normalized spacial score (nSPS) is 9.71. The number of aryl methyl sites for hydroxylation is 1. The zero-order valence-electron chi connectivity index (χ0n) is 9.01. The van der Waals surface area contributed by atoms with Crippen LogP contribution in [0.3, 0.4) is 0 Å². The van der Waals surface area contributed by atoms with Crippen LogP contribution in [0.1, 0.15) is 11.4 Å². The van der Waals surface area contributed by atoms with E-state index in [-0.39, 0.29) is 17.3 Å². The summed E-state index contributed by atoms with van der Waals surface area (Å²) < 4.78 is 18.1. The standard InChI is InChI=1S/C12H8FN3O/c1-8-15-7-9(6-14)12(16-8)17-11-4-2-10(13)3-5-11/h2-5,7H,1H3. The number of ether oxygens (including phenoxy) is 1. The lowest BCUT2D eigenvalue weighted by atomic mass is 10.3. The van der Waals surface area contributed by atoms with Gasteiger partial charge in [-0.3, -0.25) is 0 Å². The van der Waals surface area contributed by atoms with Crippen LogP contribution in [0.15, 0.2) is 30.5 Å². The minimum atomic E-state index is -0.350. The van der Waals surface area contributed by atoms with Crippen LogP contribution in [0.4, 0.5) is 4.39 Å². The summed E-state index contributed by atoms with van der Waals surface area (Å²) in [6.45, 7) is 1.69. The average Bonchev–Trinajstić information content (AvgIpc) is 2.32. The summed E-state index contributed by atoms with van der Waals surface area (Å²) in [5.41, 5.74) is 0.236. The molecule has 0 unspecified atom stereocenters. The maximum absolute atomic E-state index is 12.7. The number of hydrogen-bond donors (Lipinski definition) is 0. The van der Waals surface area contributed by atoms with Crippen LogP contribution in [-0.4, -0.2) is 9.97 Å². The molecule has 84 valence electrons. The van der Waals surface area contributed by atoms with Gasteiger partial charge in [-0.25, -0.2) is 9.37 Å². The van der Waals surface area contributed by atoms with E-state index in [0.717, 1.165) is 0 Å². The van der Waals surface area contributed by atoms with Crippen molar-refractivity contribution in [2.45, 2.75) is 6.92 Å². The number of nitriles is 1. The van der Waals surface area contributed by atoms with Crippen LogP contribution in [0.2, 0.25) is 0 Å². The molecular formula is C12H8FN3O. The summed E-state index contributed by atoms with van der Waals surface area (Å²) in [6, 6.07) is 7.41. The van der Waals surface area contributed by atoms with Gasteiger partial charge in [0.15, 0.2) is 0 Å². The molecule has 0 N–H and O–H groups in total. The molecule has 0 atom stereocenters. The average molecular weight is 229 g/mol. The van der Waals surface area contributed by atoms with E-state index >= 15 is 0 Å². The molecule has 0 bridgehead atoms. The fourth-order valence-electron chi connectivity index (χ4n) is 1.22. The van der Waals surface area contributed by atoms with Crippen molar-refractivity contribution in [3.8, 4) is 17.7 Å². The molecular weight excluding hydrogens is 221 g/mol. The third-order valence-corrected chi connectivity index (χ3v) is 2.02. The van der Waals surface area contributed by atoms with Crippen LogP contribution >= 0.6 is 0 Å². The smallest absolute Gasteiger partial charge is 0.240 e. The second-order valence-electron chi connectivity index (χ2n) is 3.30. The fraction of sp³-hybridized carbons (Fsp3) is 0.0833. The number of halogens is 1. The highest BCUT2D eigenvalue weighted by Crippen LogP contribution is 2.22. The molecule has 0 aliphatic rings. The lowest BCUT2D eigenvalue weighted by molar-refractivity contribution is 0.456. The number of hydrogen-bond acceptors (Lipinski definition) is 4. The van der Waals surface area contributed by atoms with Gasteiger partial charge in [-0.15, -0.1) is 0 Å². The van der Waals surface area contributed by atoms with Crippen molar-refractivity contribution < 1.29 is 9.13 Å². The van der Waals surface area contributed by atoms with Gasteiger partial charge in [0.25, 0.3) is 0 Å². The van der Waals surface area contributed by atoms with Crippen molar-refractivity contribution in [2.24, 2.45) is 0 Å². The largest absolute Gasteiger partial charge is 0.438 e. The maximum Gasteiger partial charge on any atom is 0.240 e. The summed E-state index contributed by atoms with van der Waals surface area (Å²) in [7, 11) is 0. The summed E-state index contributed by atoms with van der Waals surface area (Å²) in [5, 5.41) is 8.86. The molecule has 0 amide bonds. The van der Waals surface area contributed by atoms with Crippen molar-refractivity contribution in [3.63, 3.8) is 0 Å². The van der Waals surface area contributed by atoms with Gasteiger partial charge in [-0.05, 0) is 31.2 Å². The van der Waals surface area contributed by atoms with Gasteiger partial charge >= 0.3 is 0 Å². The topological polar surface area (TPSA) is 58.8 Å². The van der Waals surface area contributed by atoms with Gasteiger partial charge in [-0.1, -0.05) is 0 Å². The minimum absolute atomic E-state index is 0.173. The molecule has 0 fully saturated rings. The van der Waals surface area contributed by atoms with E-state index in [2.05, 4.69) is 9.97 Å². The first-order valence-electron chi connectivity index (χ1n) is 4.86. The molecule has 1 heterocycles. The molecule has 1 aromatic carbocycles. The fourth-order valence-corrected chi connectivity index (χ4v) is 1.22. The second kappa shape index (κ2) is 4.58. The first-order chi connectivity index (χ1) is 8.19. The summed E-state index contributed by atoms with van der Waals surface area (Å²) in [4.78, 5) is 7.90. The maximum atomic E-state index is 12.7. The molecule has 0 aliphatic heterocycles. The van der Waals surface area contributed by atoms with Crippen molar-refractivity contribution in [3.05, 3.63) is 47.7 Å². The van der Waals surface area contributed by atoms with E-state index in [9.17, 15) is 4.39 Å². The van der Waals surface area contributed by atoms with E-state index in [1.807, 2.05) is 6.07 Å². The lowest BCUT2D eigenvalue weighted by Gasteiger charge is -2.06. The SMILES string of the molecule is Cc1ncc(C#N)c(Oc2ccc(F)cc2)n1. The van der Waals surface area contributed by atoms with Crippen molar-refractivity contribution in [2.75, 3.05) is 0 Å². The third-order valence-electron chi connectivity index (χ3n) is 2.02. The minimum Gasteiger partial charge on any atom is -0.438 e. The van der Waals surface area contributed by atoms with Crippen molar-refractivity contribution in [1.82, 2.24) is 9.97 Å². The molecule has 2 rings (SSSR count). The van der Waals surface area contributed by atoms with Gasteiger partial charge in [0, 0.05) is 0 Å². The first kappa shape index (κ1) is 11.0. The molecule has 4 nitrogen and oxygen atoms in total. The lowest BCUT2D eigenvalue weighted by Crippen LogP contribution is -1.96. The Bertz CT molecular complexity index is 575. The van der Waals surface area contributed by atoms with Gasteiger partial charge in [-0.2, -0.15) is 10.2 Å². The number of benzene rings is 1. The highest BCUT2D eigenvalue weighted by Gasteiger charge is 2.07. The molecule has 17 heavy (non-hydrogen) atoms. The molecule has 5 heteroatoms. The molecule has 0 aliphatic carbocycles. The predicted octanol–water partition coefficient (Wildman–Crippen LogP) is 2.59. The van der Waals surface area contributed by atoms with Gasteiger partial charge in [0.2, 0.25) is 5.88 Å². The molecule has 1 aromatic heterocycles. The van der Waals surface area contributed by atoms with Crippen molar-refractivity contribution in [1.29, 1.82) is 5.26 Å². The Morgan fingerprint density at radius 3 is 2.65 bits per heavy atom. The first-order valence-corrected chi connectivity index (χ1v) is 4.86. The van der Waals surface area contributed by atoms with E-state index in [1.165, 1.54) is 30.5 Å². The van der Waals surface area contributed by atoms with E-state index < -0.39 is 0 Å². The number of nitrogens with zero attached hydrogens (tertiary/aromatic N) is 3. The van der Waals surface area contributed by atoms with Crippen LogP contribution < -0.4 is 4.74 Å². The predicted molar refractivity (Wildman–Crippen MR) is 58.0 cm³/mol. The Morgan fingerprint density at radius 1 is 1.29 bits per heavy atom. The van der Waals surface area contributed by atoms with Crippen LogP contribution in [0.5, 0.6) is 11.6 Å². The Kier molecular flexibility index (Phi) is 2.97. The molecule has 0 saturated heterocycles. The van der Waals surface area contributed by atoms with Gasteiger partial charge < -0.3 is 4.74 Å². The van der Waals surface area contributed by atoms with Crippen LogP contribution in [0, 0.1) is 24.1 Å². The van der Waals surface area contributed by atoms with E-state index in [4.69, 9.17) is 10.00 Å². The molecule has 0 spiro atoms. The highest BCUT2D eigenvalue weighted by molar-refractivity contribution is 5.38. The van der Waals surface area contributed by atoms with Crippen LogP contribution in [0.25, 0.3) is 0 Å². The second-order valence-corrected chi connectivity index (χ2v) is 3.30. The molecule has 0 radical (unpaired) electrons. The number of rotatable bonds is 2. The summed E-state index contributed by atoms with van der Waals surface area (Å²) >= 11 is 0. The summed E-state index contributed by atoms with van der Waals surface area (Å²) in [5.74, 6) is 0.741. The Morgan fingerprint density at radius 2 is 2.00 bits per heavy atom. The van der Waals surface area contributed by atoms with Gasteiger partial charge in [0.05, 0.1) is 6.20 Å². The number of aromatic nitrogens is 2. The highest BCUT2D eigenvalue weighted by atomic mass is 19.1. The Balaban J connectivity index is 2.32. The van der Waals surface area contributed by atoms with Gasteiger partial charge in [0.1, 0.15) is 29.0 Å². The Labute approximate surface area is 97.3 Å². The van der Waals surface area contributed by atoms with E-state index in [1.54, 1.807) is 6.92 Å². The zero-order chi connectivity index (χ0) is 12.3. The summed E-state index contributed by atoms with van der Waals surface area (Å²) in [6.07, 6.45) is 1.39. The zero-order valence-corrected chi connectivity index (χ0v) is 9.01. The quantitative estimate of drug-likeness (QED) is 0.794. The Hall–Kier alpha value is -2.48. The molecule has 2 aromatic rings. The third kappa shape index (κ3) is 2.55. The van der Waals surface area contributed by atoms with Crippen molar-refractivity contribution >= 4 is 0 Å². The molecule has 0 saturated carbocycles. The van der Waals surface area contributed by atoms with E-state index in [0.29, 0.717) is 11.6 Å². The van der Waals surface area contributed by atoms with Crippen LogP contribution in [-0.2, 0) is 0 Å². The monoisotopic (exact) mass is 229 g/mol.